The number of carbonyl (C=O) groups is 1. The van der Waals surface area contributed by atoms with Crippen LogP contribution in [0, 0.1) is 5.82 Å². The molecule has 1 aliphatic rings. The van der Waals surface area contributed by atoms with Crippen molar-refractivity contribution in [1.82, 2.24) is 9.97 Å². The molecule has 1 aromatic carbocycles. The lowest BCUT2D eigenvalue weighted by molar-refractivity contribution is -0.114. The maximum absolute atomic E-state index is 13.9. The number of rotatable bonds is 1. The van der Waals surface area contributed by atoms with E-state index in [4.69, 9.17) is 0 Å². The third-order valence-electron chi connectivity index (χ3n) is 2.72. The van der Waals surface area contributed by atoms with E-state index in [-0.39, 0.29) is 12.5 Å². The van der Waals surface area contributed by atoms with Gasteiger partial charge in [0.05, 0.1) is 17.6 Å². The summed E-state index contributed by atoms with van der Waals surface area (Å²) in [7, 11) is 0. The lowest BCUT2D eigenvalue weighted by atomic mass is 10.1. The second kappa shape index (κ2) is 4.56. The van der Waals surface area contributed by atoms with Crippen LogP contribution >= 0.6 is 0 Å². The molecule has 5 nitrogen and oxygen atoms in total. The van der Waals surface area contributed by atoms with E-state index in [2.05, 4.69) is 20.3 Å². The summed E-state index contributed by atoms with van der Waals surface area (Å²) < 4.78 is 13.9. The number of carbonyl (C=O) groups excluding carboxylic acids is 1. The van der Waals surface area contributed by atoms with Gasteiger partial charge in [-0.05, 0) is 12.1 Å². The first kappa shape index (κ1) is 11.5. The van der Waals surface area contributed by atoms with Crippen molar-refractivity contribution >= 4 is 17.3 Å². The summed E-state index contributed by atoms with van der Waals surface area (Å²) in [6, 6.07) is 6.26. The highest BCUT2D eigenvalue weighted by atomic mass is 19.1. The van der Waals surface area contributed by atoms with Crippen LogP contribution in [-0.2, 0) is 4.79 Å². The quantitative estimate of drug-likeness (QED) is 0.838. The molecular weight excluding hydrogens is 247 g/mol. The number of anilines is 1. The summed E-state index contributed by atoms with van der Waals surface area (Å²) in [5.74, 6) is -0.678. The van der Waals surface area contributed by atoms with Gasteiger partial charge in [-0.15, -0.1) is 0 Å². The molecule has 1 aromatic heterocycles. The van der Waals surface area contributed by atoms with Crippen LogP contribution in [0.25, 0.3) is 0 Å². The minimum atomic E-state index is -0.403. The normalized spacial score (nSPS) is 14.2. The number of fused-ring (bicyclic) bond motifs is 1. The van der Waals surface area contributed by atoms with E-state index >= 15 is 0 Å². The van der Waals surface area contributed by atoms with Crippen LogP contribution in [0.3, 0.4) is 0 Å². The average molecular weight is 256 g/mol. The predicted molar refractivity (Wildman–Crippen MR) is 67.6 cm³/mol. The molecule has 94 valence electrons. The van der Waals surface area contributed by atoms with E-state index in [1.54, 1.807) is 18.2 Å². The van der Waals surface area contributed by atoms with Gasteiger partial charge in [0.1, 0.15) is 24.4 Å². The van der Waals surface area contributed by atoms with Crippen molar-refractivity contribution in [3.8, 4) is 0 Å². The largest absolute Gasteiger partial charge is 0.321 e. The molecule has 0 radical (unpaired) electrons. The SMILES string of the molecule is O=C1CN=C(c2ccccc2F)c2ncncc2N1. The van der Waals surface area contributed by atoms with Crippen molar-refractivity contribution in [2.45, 2.75) is 0 Å². The Morgan fingerprint density at radius 3 is 2.95 bits per heavy atom. The zero-order valence-corrected chi connectivity index (χ0v) is 9.80. The summed E-state index contributed by atoms with van der Waals surface area (Å²) in [6.45, 7) is -0.0694. The van der Waals surface area contributed by atoms with Crippen molar-refractivity contribution < 1.29 is 9.18 Å². The molecule has 0 spiro atoms. The Labute approximate surface area is 108 Å². The number of nitrogens with one attached hydrogen (secondary N) is 1. The zero-order valence-electron chi connectivity index (χ0n) is 9.80. The van der Waals surface area contributed by atoms with Gasteiger partial charge in [-0.3, -0.25) is 9.79 Å². The Morgan fingerprint density at radius 1 is 1.26 bits per heavy atom. The van der Waals surface area contributed by atoms with Crippen LogP contribution in [-0.4, -0.2) is 28.1 Å². The lowest BCUT2D eigenvalue weighted by Gasteiger charge is -2.08. The fourth-order valence-corrected chi connectivity index (χ4v) is 1.89. The Balaban J connectivity index is 2.21. The number of aromatic nitrogens is 2. The van der Waals surface area contributed by atoms with Gasteiger partial charge in [-0.1, -0.05) is 12.1 Å². The standard InChI is InChI=1S/C13H9FN4O/c14-9-4-2-1-3-8(9)12-13-10(5-15-7-17-13)18-11(19)6-16-12/h1-5,7H,6H2,(H,18,19). The molecule has 19 heavy (non-hydrogen) atoms. The number of hydrogen-bond donors (Lipinski definition) is 1. The van der Waals surface area contributed by atoms with Gasteiger partial charge in [0.25, 0.3) is 0 Å². The molecule has 0 bridgehead atoms. The summed E-state index contributed by atoms with van der Waals surface area (Å²) in [4.78, 5) is 23.6. The predicted octanol–water partition coefficient (Wildman–Crippen LogP) is 1.41. The zero-order chi connectivity index (χ0) is 13.2. The summed E-state index contributed by atoms with van der Waals surface area (Å²) >= 11 is 0. The minimum absolute atomic E-state index is 0.0694. The van der Waals surface area contributed by atoms with E-state index in [9.17, 15) is 9.18 Å². The Hall–Kier alpha value is -2.63. The van der Waals surface area contributed by atoms with Crippen molar-refractivity contribution in [3.05, 3.63) is 53.9 Å². The average Bonchev–Trinajstić information content (AvgIpc) is 2.58. The number of benzene rings is 1. The van der Waals surface area contributed by atoms with Gasteiger partial charge >= 0.3 is 0 Å². The molecule has 1 N–H and O–H groups in total. The number of hydrogen-bond acceptors (Lipinski definition) is 4. The van der Waals surface area contributed by atoms with E-state index in [0.29, 0.717) is 22.7 Å². The third kappa shape index (κ3) is 2.08. The molecule has 2 heterocycles. The Kier molecular flexibility index (Phi) is 2.75. The van der Waals surface area contributed by atoms with Gasteiger partial charge in [0.15, 0.2) is 0 Å². The lowest BCUT2D eigenvalue weighted by Crippen LogP contribution is -2.14. The molecule has 0 atom stereocenters. The van der Waals surface area contributed by atoms with Crippen LogP contribution in [0.2, 0.25) is 0 Å². The van der Waals surface area contributed by atoms with Gasteiger partial charge in [-0.2, -0.15) is 0 Å². The molecule has 0 aliphatic carbocycles. The maximum atomic E-state index is 13.9. The minimum Gasteiger partial charge on any atom is -0.321 e. The summed E-state index contributed by atoms with van der Waals surface area (Å²) in [5, 5.41) is 2.64. The van der Waals surface area contributed by atoms with Crippen LogP contribution in [0.4, 0.5) is 10.1 Å². The molecule has 1 aliphatic heterocycles. The first-order valence-corrected chi connectivity index (χ1v) is 5.65. The summed E-state index contributed by atoms with van der Waals surface area (Å²) in [6.07, 6.45) is 2.81. The van der Waals surface area contributed by atoms with Gasteiger partial charge in [0.2, 0.25) is 5.91 Å². The molecule has 2 aromatic rings. The molecule has 3 rings (SSSR count). The number of amides is 1. The van der Waals surface area contributed by atoms with E-state index in [0.717, 1.165) is 0 Å². The van der Waals surface area contributed by atoms with E-state index in [1.807, 2.05) is 0 Å². The molecule has 1 amide bonds. The van der Waals surface area contributed by atoms with Crippen molar-refractivity contribution in [1.29, 1.82) is 0 Å². The Morgan fingerprint density at radius 2 is 2.11 bits per heavy atom. The smallest absolute Gasteiger partial charge is 0.246 e. The fraction of sp³-hybridized carbons (Fsp3) is 0.0769. The first-order valence-electron chi connectivity index (χ1n) is 5.65. The Bertz CT molecular complexity index is 684. The monoisotopic (exact) mass is 256 g/mol. The molecule has 6 heteroatoms. The molecule has 0 fully saturated rings. The van der Waals surface area contributed by atoms with Crippen molar-refractivity contribution in [2.75, 3.05) is 11.9 Å². The number of halogens is 1. The highest BCUT2D eigenvalue weighted by Crippen LogP contribution is 2.20. The molecular formula is C13H9FN4O. The van der Waals surface area contributed by atoms with Crippen LogP contribution in [0.15, 0.2) is 41.8 Å². The number of nitrogens with zero attached hydrogens (tertiary/aromatic N) is 3. The summed E-state index contributed by atoms with van der Waals surface area (Å²) in [5.41, 5.74) is 1.53. The van der Waals surface area contributed by atoms with E-state index < -0.39 is 5.82 Å². The topological polar surface area (TPSA) is 67.2 Å². The van der Waals surface area contributed by atoms with Crippen molar-refractivity contribution in [3.63, 3.8) is 0 Å². The molecule has 0 unspecified atom stereocenters. The van der Waals surface area contributed by atoms with Crippen LogP contribution < -0.4 is 5.32 Å². The maximum Gasteiger partial charge on any atom is 0.246 e. The second-order valence-electron chi connectivity index (χ2n) is 3.98. The highest BCUT2D eigenvalue weighted by Gasteiger charge is 2.21. The second-order valence-corrected chi connectivity index (χ2v) is 3.98. The molecule has 0 saturated heterocycles. The van der Waals surface area contributed by atoms with Gasteiger partial charge in [-0.25, -0.2) is 14.4 Å². The number of aliphatic imine (C=N–C) groups is 1. The van der Waals surface area contributed by atoms with Crippen LogP contribution in [0.5, 0.6) is 0 Å². The fourth-order valence-electron chi connectivity index (χ4n) is 1.89. The van der Waals surface area contributed by atoms with Crippen molar-refractivity contribution in [2.24, 2.45) is 4.99 Å². The highest BCUT2D eigenvalue weighted by molar-refractivity contribution is 6.17. The van der Waals surface area contributed by atoms with Gasteiger partial charge in [0, 0.05) is 5.56 Å². The third-order valence-corrected chi connectivity index (χ3v) is 2.72. The molecule has 0 saturated carbocycles. The first-order chi connectivity index (χ1) is 9.25. The van der Waals surface area contributed by atoms with E-state index in [1.165, 1.54) is 18.6 Å². The van der Waals surface area contributed by atoms with Crippen LogP contribution in [0.1, 0.15) is 11.3 Å². The van der Waals surface area contributed by atoms with Gasteiger partial charge < -0.3 is 5.32 Å².